The minimum atomic E-state index is -1.61. The van der Waals surface area contributed by atoms with Crippen molar-refractivity contribution in [2.45, 2.75) is 51.4 Å². The average Bonchev–Trinajstić information content (AvgIpc) is 2.55. The zero-order valence-electron chi connectivity index (χ0n) is 14.3. The van der Waals surface area contributed by atoms with Gasteiger partial charge in [-0.3, -0.25) is 9.59 Å². The molecule has 2 aliphatic rings. The Morgan fingerprint density at radius 1 is 1.46 bits per heavy atom. The van der Waals surface area contributed by atoms with E-state index in [0.29, 0.717) is 31.8 Å². The second-order valence-electron chi connectivity index (χ2n) is 6.73. The summed E-state index contributed by atoms with van der Waals surface area (Å²) >= 11 is 0. The molecule has 0 saturated carbocycles. The lowest BCUT2D eigenvalue weighted by molar-refractivity contribution is -0.133. The van der Waals surface area contributed by atoms with Gasteiger partial charge in [-0.15, -0.1) is 0 Å². The second-order valence-corrected chi connectivity index (χ2v) is 6.73. The van der Waals surface area contributed by atoms with Gasteiger partial charge in [0.25, 0.3) is 0 Å². The number of hydrogen-bond donors (Lipinski definition) is 3. The average molecular weight is 334 g/mol. The Balaban J connectivity index is 1.80. The van der Waals surface area contributed by atoms with Crippen LogP contribution in [0.3, 0.4) is 0 Å². The fraction of sp³-hybridized carbons (Fsp3) is 0.647. The van der Waals surface area contributed by atoms with Crippen molar-refractivity contribution in [3.8, 4) is 0 Å². The number of nitrogens with one attached hydrogen (secondary N) is 1. The van der Waals surface area contributed by atoms with Gasteiger partial charge in [-0.25, -0.2) is 0 Å². The summed E-state index contributed by atoms with van der Waals surface area (Å²) in [5.74, 6) is -0.415. The molecule has 2 amide bonds. The van der Waals surface area contributed by atoms with Gasteiger partial charge in [0.15, 0.2) is 0 Å². The topological polar surface area (TPSA) is 89.9 Å². The Bertz CT molecular complexity index is 519. The molecule has 0 spiro atoms. The molecule has 0 bridgehead atoms. The summed E-state index contributed by atoms with van der Waals surface area (Å²) in [6.07, 6.45) is 10.1. The number of rotatable bonds is 7. The first kappa shape index (κ1) is 18.7. The van der Waals surface area contributed by atoms with Gasteiger partial charge in [0.2, 0.25) is 11.8 Å². The maximum absolute atomic E-state index is 12.1. The van der Waals surface area contributed by atoms with E-state index in [0.717, 1.165) is 24.8 Å². The number of carbonyl (C=O) groups is 2. The number of nitrogens with zero attached hydrogens (tertiary/aromatic N) is 1. The Morgan fingerprint density at radius 2 is 2.25 bits per heavy atom. The van der Waals surface area contributed by atoms with E-state index in [1.165, 1.54) is 0 Å². The molecule has 0 aromatic rings. The summed E-state index contributed by atoms with van der Waals surface area (Å²) < 4.78 is 0. The summed E-state index contributed by atoms with van der Waals surface area (Å²) in [4.78, 5) is 25.5. The second kappa shape index (κ2) is 9.04. The summed E-state index contributed by atoms with van der Waals surface area (Å²) in [5.41, 5.74) is 0.998. The molecule has 2 atom stereocenters. The number of amides is 2. The van der Waals surface area contributed by atoms with Crippen LogP contribution in [0, 0.1) is 5.92 Å². The van der Waals surface area contributed by atoms with Crippen molar-refractivity contribution < 1.29 is 19.6 Å². The zero-order chi connectivity index (χ0) is 17.5. The predicted molar refractivity (Wildman–Crippen MR) is 92.8 cm³/mol. The molecular weight excluding hydrogens is 307 g/mol. The number of carbonyl (C=O) groups excluding carboxylic acids is 2. The minimum Gasteiger partial charge on any atom is -0.426 e. The Hall–Kier alpha value is -1.60. The maximum atomic E-state index is 12.1. The highest BCUT2D eigenvalue weighted by Crippen LogP contribution is 2.19. The molecule has 2 rings (SSSR count). The minimum absolute atomic E-state index is 0.0967. The molecule has 1 fully saturated rings. The van der Waals surface area contributed by atoms with Crippen molar-refractivity contribution in [3.05, 3.63) is 23.8 Å². The van der Waals surface area contributed by atoms with E-state index in [-0.39, 0.29) is 18.2 Å². The van der Waals surface area contributed by atoms with Gasteiger partial charge >= 0.3 is 7.12 Å². The third kappa shape index (κ3) is 5.80. The third-order valence-corrected chi connectivity index (χ3v) is 4.58. The van der Waals surface area contributed by atoms with Crippen LogP contribution < -0.4 is 5.32 Å². The van der Waals surface area contributed by atoms with Crippen LogP contribution in [0.15, 0.2) is 23.8 Å². The van der Waals surface area contributed by atoms with E-state index in [9.17, 15) is 19.6 Å². The van der Waals surface area contributed by atoms with Crippen LogP contribution in [0.4, 0.5) is 0 Å². The van der Waals surface area contributed by atoms with Gasteiger partial charge in [0, 0.05) is 25.9 Å². The van der Waals surface area contributed by atoms with E-state index in [2.05, 4.69) is 24.4 Å². The summed E-state index contributed by atoms with van der Waals surface area (Å²) in [6.45, 7) is 3.21. The van der Waals surface area contributed by atoms with Gasteiger partial charge in [-0.2, -0.15) is 0 Å². The SMILES string of the molecule is CC1C=CC(C[C@H](NC(=O)CCN2CCCCC2=O)B(O)O)=CC1. The Labute approximate surface area is 143 Å². The van der Waals surface area contributed by atoms with Gasteiger partial charge in [0.05, 0.1) is 5.94 Å². The van der Waals surface area contributed by atoms with Gasteiger partial charge in [-0.1, -0.05) is 30.7 Å². The van der Waals surface area contributed by atoms with Crippen molar-refractivity contribution in [2.75, 3.05) is 13.1 Å². The molecule has 6 nitrogen and oxygen atoms in total. The molecule has 0 aromatic heterocycles. The van der Waals surface area contributed by atoms with Crippen molar-refractivity contribution in [2.24, 2.45) is 5.92 Å². The van der Waals surface area contributed by atoms with Crippen molar-refractivity contribution in [1.82, 2.24) is 10.2 Å². The van der Waals surface area contributed by atoms with Gasteiger partial charge in [0.1, 0.15) is 0 Å². The largest absolute Gasteiger partial charge is 0.475 e. The van der Waals surface area contributed by atoms with Crippen LogP contribution >= 0.6 is 0 Å². The first-order chi connectivity index (χ1) is 11.5. The van der Waals surface area contributed by atoms with Crippen LogP contribution in [0.5, 0.6) is 0 Å². The molecule has 132 valence electrons. The van der Waals surface area contributed by atoms with E-state index < -0.39 is 13.1 Å². The molecule has 0 aromatic carbocycles. The van der Waals surface area contributed by atoms with E-state index in [4.69, 9.17) is 0 Å². The number of piperidine rings is 1. The number of likely N-dealkylation sites (tertiary alicyclic amines) is 1. The van der Waals surface area contributed by atoms with Crippen LogP contribution in [0.1, 0.15) is 45.4 Å². The Kier molecular flexibility index (Phi) is 7.06. The highest BCUT2D eigenvalue weighted by atomic mass is 16.4. The van der Waals surface area contributed by atoms with Gasteiger partial charge < -0.3 is 20.3 Å². The molecule has 1 heterocycles. The highest BCUT2D eigenvalue weighted by Gasteiger charge is 2.27. The van der Waals surface area contributed by atoms with Crippen LogP contribution in [0.25, 0.3) is 0 Å². The van der Waals surface area contributed by atoms with Crippen molar-refractivity contribution in [1.29, 1.82) is 0 Å². The van der Waals surface area contributed by atoms with Crippen LogP contribution in [-0.4, -0.2) is 52.9 Å². The maximum Gasteiger partial charge on any atom is 0.475 e. The highest BCUT2D eigenvalue weighted by molar-refractivity contribution is 6.43. The van der Waals surface area contributed by atoms with E-state index in [1.807, 2.05) is 6.08 Å². The Morgan fingerprint density at radius 3 is 2.88 bits per heavy atom. The fourth-order valence-electron chi connectivity index (χ4n) is 3.02. The molecule has 0 radical (unpaired) electrons. The number of hydrogen-bond acceptors (Lipinski definition) is 4. The molecule has 1 aliphatic carbocycles. The monoisotopic (exact) mass is 334 g/mol. The molecule has 1 aliphatic heterocycles. The quantitative estimate of drug-likeness (QED) is 0.601. The summed E-state index contributed by atoms with van der Waals surface area (Å²) in [5, 5.41) is 21.7. The van der Waals surface area contributed by atoms with Crippen molar-refractivity contribution >= 4 is 18.9 Å². The van der Waals surface area contributed by atoms with E-state index >= 15 is 0 Å². The smallest absolute Gasteiger partial charge is 0.426 e. The summed E-state index contributed by atoms with van der Waals surface area (Å²) in [7, 11) is -1.61. The predicted octanol–water partition coefficient (Wildman–Crippen LogP) is 0.798. The lowest BCUT2D eigenvalue weighted by atomic mass is 9.75. The summed E-state index contributed by atoms with van der Waals surface area (Å²) in [6, 6.07) is 0. The normalized spacial score (nSPS) is 22.1. The van der Waals surface area contributed by atoms with Crippen LogP contribution in [0.2, 0.25) is 0 Å². The molecule has 1 unspecified atom stereocenters. The molecule has 7 heteroatoms. The molecular formula is C17H27BN2O4. The lowest BCUT2D eigenvalue weighted by Gasteiger charge is -2.27. The molecule has 24 heavy (non-hydrogen) atoms. The third-order valence-electron chi connectivity index (χ3n) is 4.58. The zero-order valence-corrected chi connectivity index (χ0v) is 14.3. The lowest BCUT2D eigenvalue weighted by Crippen LogP contribution is -2.47. The standard InChI is InChI=1S/C17H27BN2O4/c1-13-5-7-14(8-6-13)12-15(18(23)24)19-16(21)9-11-20-10-3-2-4-17(20)22/h5,7-8,13,15,23-24H,2-4,6,9-12H2,1H3,(H,19,21)/t13?,15-/m0/s1. The van der Waals surface area contributed by atoms with E-state index in [1.54, 1.807) is 4.90 Å². The molecule has 1 saturated heterocycles. The fourth-order valence-corrected chi connectivity index (χ4v) is 3.02. The van der Waals surface area contributed by atoms with Gasteiger partial charge in [-0.05, 0) is 31.6 Å². The first-order valence-electron chi connectivity index (χ1n) is 8.76. The first-order valence-corrected chi connectivity index (χ1v) is 8.76. The molecule has 3 N–H and O–H groups in total. The van der Waals surface area contributed by atoms with Crippen molar-refractivity contribution in [3.63, 3.8) is 0 Å². The van der Waals surface area contributed by atoms with Crippen LogP contribution in [-0.2, 0) is 9.59 Å². The number of allylic oxidation sites excluding steroid dienone is 3.